The molecule has 0 spiro atoms. The van der Waals surface area contributed by atoms with Gasteiger partial charge < -0.3 is 10.4 Å². The first-order valence-electron chi connectivity index (χ1n) is 6.75. The van der Waals surface area contributed by atoms with Gasteiger partial charge in [0.1, 0.15) is 5.75 Å². The second kappa shape index (κ2) is 5.72. The van der Waals surface area contributed by atoms with Crippen LogP contribution in [0.4, 0.5) is 0 Å². The molecule has 1 aliphatic rings. The summed E-state index contributed by atoms with van der Waals surface area (Å²) < 4.78 is 0. The molecule has 1 aromatic carbocycles. The molecule has 3 rings (SSSR count). The predicted molar refractivity (Wildman–Crippen MR) is 77.6 cm³/mol. The first kappa shape index (κ1) is 12.6. The van der Waals surface area contributed by atoms with Crippen LogP contribution in [0.25, 0.3) is 0 Å². The third-order valence-corrected chi connectivity index (χ3v) is 4.33. The molecule has 2 aromatic rings. The number of thiazole rings is 1. The lowest BCUT2D eigenvalue weighted by molar-refractivity contribution is 0.451. The lowest BCUT2D eigenvalue weighted by Crippen LogP contribution is -2.27. The van der Waals surface area contributed by atoms with Gasteiger partial charge >= 0.3 is 0 Å². The molecule has 3 nitrogen and oxygen atoms in total. The van der Waals surface area contributed by atoms with Gasteiger partial charge in [0.25, 0.3) is 0 Å². The first-order valence-corrected chi connectivity index (χ1v) is 7.69. The monoisotopic (exact) mass is 274 g/mol. The van der Waals surface area contributed by atoms with Crippen molar-refractivity contribution in [3.63, 3.8) is 0 Å². The fourth-order valence-electron chi connectivity index (χ4n) is 2.75. The van der Waals surface area contributed by atoms with E-state index in [1.807, 2.05) is 11.6 Å². The third kappa shape index (κ3) is 2.96. The molecule has 0 fully saturated rings. The van der Waals surface area contributed by atoms with Crippen LogP contribution < -0.4 is 5.32 Å². The van der Waals surface area contributed by atoms with Crippen molar-refractivity contribution in [2.45, 2.75) is 31.7 Å². The Morgan fingerprint density at radius 3 is 3.21 bits per heavy atom. The minimum atomic E-state index is 0.377. The molecule has 1 aromatic heterocycles. The Labute approximate surface area is 117 Å². The summed E-state index contributed by atoms with van der Waals surface area (Å²) in [6.45, 7) is 0.953. The normalized spacial score (nSPS) is 18.2. The molecule has 1 aliphatic carbocycles. The number of fused-ring (bicyclic) bond motifs is 1. The van der Waals surface area contributed by atoms with Gasteiger partial charge in [-0.2, -0.15) is 0 Å². The highest BCUT2D eigenvalue weighted by Crippen LogP contribution is 2.31. The predicted octanol–water partition coefficient (Wildman–Crippen LogP) is 3.06. The summed E-state index contributed by atoms with van der Waals surface area (Å²) in [6.07, 6.45) is 4.42. The number of phenolic OH excluding ortho intramolecular Hbond substituents is 1. The molecule has 4 heteroatoms. The van der Waals surface area contributed by atoms with E-state index in [0.29, 0.717) is 11.8 Å². The number of aromatic hydroxyl groups is 1. The molecule has 1 heterocycles. The topological polar surface area (TPSA) is 45.1 Å². The van der Waals surface area contributed by atoms with E-state index in [1.54, 1.807) is 17.4 Å². The van der Waals surface area contributed by atoms with Crippen molar-refractivity contribution in [2.24, 2.45) is 0 Å². The van der Waals surface area contributed by atoms with Gasteiger partial charge in [0, 0.05) is 24.4 Å². The SMILES string of the molecule is Oc1ccc2c(c1)CCCC2NCCc1cscn1. The summed E-state index contributed by atoms with van der Waals surface area (Å²) in [4.78, 5) is 4.30. The summed E-state index contributed by atoms with van der Waals surface area (Å²) in [5.41, 5.74) is 5.69. The molecule has 2 N–H and O–H groups in total. The van der Waals surface area contributed by atoms with Crippen molar-refractivity contribution in [1.82, 2.24) is 10.3 Å². The van der Waals surface area contributed by atoms with Crippen molar-refractivity contribution in [1.29, 1.82) is 0 Å². The van der Waals surface area contributed by atoms with Gasteiger partial charge in [0.2, 0.25) is 0 Å². The summed E-state index contributed by atoms with van der Waals surface area (Å²) >= 11 is 1.65. The van der Waals surface area contributed by atoms with E-state index < -0.39 is 0 Å². The molecule has 0 saturated heterocycles. The maximum atomic E-state index is 9.55. The standard InChI is InChI=1S/C15H18N2OS/c18-13-4-5-14-11(8-13)2-1-3-15(14)16-7-6-12-9-19-10-17-12/h4-5,8-10,15-16,18H,1-3,6-7H2. The van der Waals surface area contributed by atoms with Crippen LogP contribution in [0.3, 0.4) is 0 Å². The Hall–Kier alpha value is -1.39. The van der Waals surface area contributed by atoms with Crippen LogP contribution >= 0.6 is 11.3 Å². The van der Waals surface area contributed by atoms with Crippen LogP contribution in [-0.2, 0) is 12.8 Å². The lowest BCUT2D eigenvalue weighted by Gasteiger charge is -2.26. The van der Waals surface area contributed by atoms with E-state index >= 15 is 0 Å². The Balaban J connectivity index is 1.63. The first-order chi connectivity index (χ1) is 9.33. The van der Waals surface area contributed by atoms with E-state index in [0.717, 1.165) is 19.4 Å². The second-order valence-electron chi connectivity index (χ2n) is 5.01. The third-order valence-electron chi connectivity index (χ3n) is 3.70. The summed E-state index contributed by atoms with van der Waals surface area (Å²) in [7, 11) is 0. The average Bonchev–Trinajstić information content (AvgIpc) is 2.92. The Morgan fingerprint density at radius 2 is 2.37 bits per heavy atom. The molecule has 0 saturated carbocycles. The van der Waals surface area contributed by atoms with Gasteiger partial charge in [-0.3, -0.25) is 0 Å². The maximum absolute atomic E-state index is 9.55. The van der Waals surface area contributed by atoms with Crippen LogP contribution in [0.5, 0.6) is 5.75 Å². The van der Waals surface area contributed by atoms with Gasteiger partial charge in [-0.1, -0.05) is 6.07 Å². The van der Waals surface area contributed by atoms with Crippen LogP contribution in [0.2, 0.25) is 0 Å². The van der Waals surface area contributed by atoms with Crippen molar-refractivity contribution in [2.75, 3.05) is 6.54 Å². The average molecular weight is 274 g/mol. The Bertz CT molecular complexity index is 539. The number of aryl methyl sites for hydroxylation is 1. The number of hydrogen-bond acceptors (Lipinski definition) is 4. The minimum absolute atomic E-state index is 0.377. The Kier molecular flexibility index (Phi) is 3.80. The highest BCUT2D eigenvalue weighted by Gasteiger charge is 2.19. The molecule has 0 aliphatic heterocycles. The number of nitrogens with one attached hydrogen (secondary N) is 1. The zero-order valence-electron chi connectivity index (χ0n) is 10.8. The van der Waals surface area contributed by atoms with Crippen molar-refractivity contribution < 1.29 is 5.11 Å². The van der Waals surface area contributed by atoms with Gasteiger partial charge in [-0.15, -0.1) is 11.3 Å². The van der Waals surface area contributed by atoms with Gasteiger partial charge in [-0.25, -0.2) is 4.98 Å². The molecular formula is C15H18N2OS. The molecule has 19 heavy (non-hydrogen) atoms. The number of benzene rings is 1. The highest BCUT2D eigenvalue weighted by atomic mass is 32.1. The number of phenols is 1. The highest BCUT2D eigenvalue weighted by molar-refractivity contribution is 7.07. The second-order valence-corrected chi connectivity index (χ2v) is 5.73. The van der Waals surface area contributed by atoms with Crippen LogP contribution in [-0.4, -0.2) is 16.6 Å². The number of aromatic nitrogens is 1. The van der Waals surface area contributed by atoms with Crippen molar-refractivity contribution in [3.05, 3.63) is 45.9 Å². The summed E-state index contributed by atoms with van der Waals surface area (Å²) in [6, 6.07) is 6.18. The van der Waals surface area contributed by atoms with Gasteiger partial charge in [-0.05, 0) is 42.5 Å². The summed E-state index contributed by atoms with van der Waals surface area (Å²) in [5.74, 6) is 0.377. The van der Waals surface area contributed by atoms with E-state index in [1.165, 1.54) is 29.7 Å². The molecule has 0 bridgehead atoms. The van der Waals surface area contributed by atoms with Crippen LogP contribution in [0.15, 0.2) is 29.1 Å². The quantitative estimate of drug-likeness (QED) is 0.900. The molecule has 1 atom stereocenters. The van der Waals surface area contributed by atoms with Crippen molar-refractivity contribution in [3.8, 4) is 5.75 Å². The van der Waals surface area contributed by atoms with E-state index in [9.17, 15) is 5.11 Å². The molecule has 100 valence electrons. The summed E-state index contributed by atoms with van der Waals surface area (Å²) in [5, 5.41) is 15.3. The zero-order chi connectivity index (χ0) is 13.1. The van der Waals surface area contributed by atoms with Crippen molar-refractivity contribution >= 4 is 11.3 Å². The smallest absolute Gasteiger partial charge is 0.115 e. The van der Waals surface area contributed by atoms with Gasteiger partial charge in [0.15, 0.2) is 0 Å². The Morgan fingerprint density at radius 1 is 1.42 bits per heavy atom. The van der Waals surface area contributed by atoms with E-state index in [-0.39, 0.29) is 0 Å². The fourth-order valence-corrected chi connectivity index (χ4v) is 3.34. The van der Waals surface area contributed by atoms with Gasteiger partial charge in [0.05, 0.1) is 11.2 Å². The molecule has 0 amide bonds. The fraction of sp³-hybridized carbons (Fsp3) is 0.400. The zero-order valence-corrected chi connectivity index (χ0v) is 11.6. The van der Waals surface area contributed by atoms with Crippen LogP contribution in [0.1, 0.15) is 35.7 Å². The van der Waals surface area contributed by atoms with E-state index in [4.69, 9.17) is 0 Å². The molecule has 0 radical (unpaired) electrons. The molecule has 1 unspecified atom stereocenters. The van der Waals surface area contributed by atoms with E-state index in [2.05, 4.69) is 21.7 Å². The largest absolute Gasteiger partial charge is 0.508 e. The minimum Gasteiger partial charge on any atom is -0.508 e. The van der Waals surface area contributed by atoms with Crippen LogP contribution in [0, 0.1) is 0 Å². The lowest BCUT2D eigenvalue weighted by atomic mass is 9.87. The maximum Gasteiger partial charge on any atom is 0.115 e. The number of hydrogen-bond donors (Lipinski definition) is 2. The number of nitrogens with zero attached hydrogens (tertiary/aromatic N) is 1. The number of rotatable bonds is 4. The molecular weight excluding hydrogens is 256 g/mol.